The summed E-state index contributed by atoms with van der Waals surface area (Å²) in [7, 11) is 0. The third kappa shape index (κ3) is 1.88. The molecule has 0 aromatic carbocycles. The predicted octanol–water partition coefficient (Wildman–Crippen LogP) is 0.323. The molecule has 0 bridgehead atoms. The van der Waals surface area contributed by atoms with E-state index in [9.17, 15) is 9.59 Å². The zero-order valence-electron chi connectivity index (χ0n) is 9.30. The minimum Gasteiger partial charge on any atom is -0.342 e. The number of anilines is 1. The van der Waals surface area contributed by atoms with Gasteiger partial charge in [-0.2, -0.15) is 0 Å². The lowest BCUT2D eigenvalue weighted by Gasteiger charge is -2.32. The lowest BCUT2D eigenvalue weighted by molar-refractivity contribution is -0.131. The van der Waals surface area contributed by atoms with Gasteiger partial charge in [0.2, 0.25) is 11.8 Å². The van der Waals surface area contributed by atoms with Crippen LogP contribution in [0.15, 0.2) is 24.5 Å². The molecule has 1 aliphatic heterocycles. The summed E-state index contributed by atoms with van der Waals surface area (Å²) in [6.07, 6.45) is 5.31. The third-order valence-electron chi connectivity index (χ3n) is 3.20. The highest BCUT2D eigenvalue weighted by Crippen LogP contribution is 2.35. The zero-order chi connectivity index (χ0) is 11.8. The van der Waals surface area contributed by atoms with Gasteiger partial charge in [-0.15, -0.1) is 0 Å². The van der Waals surface area contributed by atoms with Crippen LogP contribution in [-0.2, 0) is 9.59 Å². The number of carbonyl (C=O) groups is 2. The average Bonchev–Trinajstić information content (AvgIpc) is 3.17. The van der Waals surface area contributed by atoms with E-state index in [1.807, 2.05) is 0 Å². The highest BCUT2D eigenvalue weighted by atomic mass is 16.2. The van der Waals surface area contributed by atoms with E-state index in [0.29, 0.717) is 11.6 Å². The molecule has 2 aliphatic rings. The number of amides is 2. The summed E-state index contributed by atoms with van der Waals surface area (Å²) in [6, 6.07) is 3.23. The van der Waals surface area contributed by atoms with Crippen molar-refractivity contribution in [2.45, 2.75) is 18.9 Å². The van der Waals surface area contributed by atoms with Crippen LogP contribution in [0, 0.1) is 5.92 Å². The van der Waals surface area contributed by atoms with Gasteiger partial charge in [0.15, 0.2) is 0 Å². The van der Waals surface area contributed by atoms with Crippen LogP contribution in [0.3, 0.4) is 0 Å². The van der Waals surface area contributed by atoms with E-state index in [1.165, 1.54) is 4.90 Å². The van der Waals surface area contributed by atoms with Crippen molar-refractivity contribution in [3.05, 3.63) is 24.5 Å². The molecule has 1 saturated carbocycles. The predicted molar refractivity (Wildman–Crippen MR) is 61.2 cm³/mol. The van der Waals surface area contributed by atoms with E-state index >= 15 is 0 Å². The van der Waals surface area contributed by atoms with Crippen molar-refractivity contribution < 1.29 is 9.59 Å². The van der Waals surface area contributed by atoms with Crippen molar-refractivity contribution in [2.24, 2.45) is 5.92 Å². The Morgan fingerprint density at radius 1 is 1.35 bits per heavy atom. The number of hydrogen-bond donors (Lipinski definition) is 1. The highest BCUT2D eigenvalue weighted by Gasteiger charge is 2.43. The Labute approximate surface area is 98.8 Å². The summed E-state index contributed by atoms with van der Waals surface area (Å²) in [4.78, 5) is 29.3. The maximum absolute atomic E-state index is 12.2. The lowest BCUT2D eigenvalue weighted by Crippen LogP contribution is -2.59. The number of hydrogen-bond acceptors (Lipinski definition) is 3. The fraction of sp³-hybridized carbons (Fsp3) is 0.417. The summed E-state index contributed by atoms with van der Waals surface area (Å²) in [5, 5.41) is 2.78. The van der Waals surface area contributed by atoms with E-state index in [2.05, 4.69) is 10.3 Å². The van der Waals surface area contributed by atoms with Crippen LogP contribution in [0.4, 0.5) is 5.69 Å². The molecule has 88 valence electrons. The molecule has 2 amide bonds. The second-order valence-corrected chi connectivity index (χ2v) is 4.52. The van der Waals surface area contributed by atoms with Crippen LogP contribution >= 0.6 is 0 Å². The SMILES string of the molecule is O=C1CN(c2cccnc2)C(=O)C(C2CC2)N1. The number of pyridine rings is 1. The van der Waals surface area contributed by atoms with Crippen LogP contribution in [0.25, 0.3) is 0 Å². The van der Waals surface area contributed by atoms with Gasteiger partial charge in [-0.25, -0.2) is 0 Å². The summed E-state index contributed by atoms with van der Waals surface area (Å²) in [6.45, 7) is 0.0910. The second kappa shape index (κ2) is 3.84. The second-order valence-electron chi connectivity index (χ2n) is 4.52. The number of nitrogens with zero attached hydrogens (tertiary/aromatic N) is 2. The number of rotatable bonds is 2. The third-order valence-corrected chi connectivity index (χ3v) is 3.20. The van der Waals surface area contributed by atoms with Crippen LogP contribution in [0.2, 0.25) is 0 Å². The van der Waals surface area contributed by atoms with Gasteiger partial charge in [0.1, 0.15) is 12.6 Å². The largest absolute Gasteiger partial charge is 0.342 e. The van der Waals surface area contributed by atoms with Gasteiger partial charge in [0, 0.05) is 6.20 Å². The van der Waals surface area contributed by atoms with Gasteiger partial charge in [0.05, 0.1) is 11.9 Å². The van der Waals surface area contributed by atoms with Crippen LogP contribution in [-0.4, -0.2) is 29.4 Å². The van der Waals surface area contributed by atoms with Crippen molar-refractivity contribution in [3.8, 4) is 0 Å². The number of nitrogens with one attached hydrogen (secondary N) is 1. The standard InChI is InChI=1S/C12H13N3O2/c16-10-7-15(9-2-1-5-13-6-9)12(17)11(14-10)8-3-4-8/h1-2,5-6,8,11H,3-4,7H2,(H,14,16). The van der Waals surface area contributed by atoms with E-state index in [-0.39, 0.29) is 24.4 Å². The molecule has 0 radical (unpaired) electrons. The van der Waals surface area contributed by atoms with Gasteiger partial charge in [-0.3, -0.25) is 19.5 Å². The lowest BCUT2D eigenvalue weighted by atomic mass is 10.1. The Kier molecular flexibility index (Phi) is 2.31. The molecule has 5 nitrogen and oxygen atoms in total. The molecule has 3 rings (SSSR count). The first-order valence-corrected chi connectivity index (χ1v) is 5.76. The minimum atomic E-state index is -0.337. The molecule has 1 atom stereocenters. The fourth-order valence-corrected chi connectivity index (χ4v) is 2.15. The maximum atomic E-state index is 12.2. The summed E-state index contributed by atoms with van der Waals surface area (Å²) in [5.41, 5.74) is 0.693. The Morgan fingerprint density at radius 3 is 2.82 bits per heavy atom. The Morgan fingerprint density at radius 2 is 2.18 bits per heavy atom. The van der Waals surface area contributed by atoms with E-state index < -0.39 is 0 Å². The molecule has 1 unspecified atom stereocenters. The zero-order valence-corrected chi connectivity index (χ0v) is 9.30. The van der Waals surface area contributed by atoms with E-state index in [4.69, 9.17) is 0 Å². The molecule has 1 saturated heterocycles. The quantitative estimate of drug-likeness (QED) is 0.797. The molecule has 5 heteroatoms. The molecule has 17 heavy (non-hydrogen) atoms. The van der Waals surface area contributed by atoms with Crippen molar-refractivity contribution >= 4 is 17.5 Å². The molecule has 1 aliphatic carbocycles. The summed E-state index contributed by atoms with van der Waals surface area (Å²) >= 11 is 0. The van der Waals surface area contributed by atoms with Gasteiger partial charge >= 0.3 is 0 Å². The van der Waals surface area contributed by atoms with Crippen molar-refractivity contribution in [2.75, 3.05) is 11.4 Å². The number of piperazine rings is 1. The minimum absolute atomic E-state index is 0.0138. The summed E-state index contributed by atoms with van der Waals surface area (Å²) < 4.78 is 0. The molecule has 2 heterocycles. The number of carbonyl (C=O) groups excluding carboxylic acids is 2. The van der Waals surface area contributed by atoms with Gasteiger partial charge < -0.3 is 5.32 Å². The molecule has 1 aromatic rings. The van der Waals surface area contributed by atoms with Gasteiger partial charge in [-0.05, 0) is 30.9 Å². The molecule has 1 aromatic heterocycles. The Hall–Kier alpha value is -1.91. The van der Waals surface area contributed by atoms with Crippen LogP contribution in [0.1, 0.15) is 12.8 Å². The monoisotopic (exact) mass is 231 g/mol. The molecular weight excluding hydrogens is 218 g/mol. The molecule has 1 N–H and O–H groups in total. The topological polar surface area (TPSA) is 62.3 Å². The fourth-order valence-electron chi connectivity index (χ4n) is 2.15. The van der Waals surface area contributed by atoms with Crippen molar-refractivity contribution in [3.63, 3.8) is 0 Å². The first-order valence-electron chi connectivity index (χ1n) is 5.76. The average molecular weight is 231 g/mol. The Bertz CT molecular complexity index is 456. The Balaban J connectivity index is 1.88. The van der Waals surface area contributed by atoms with Crippen molar-refractivity contribution in [1.82, 2.24) is 10.3 Å². The number of aromatic nitrogens is 1. The van der Waals surface area contributed by atoms with Crippen molar-refractivity contribution in [1.29, 1.82) is 0 Å². The summed E-state index contributed by atoms with van der Waals surface area (Å²) in [5.74, 6) is 0.219. The maximum Gasteiger partial charge on any atom is 0.250 e. The molecule has 0 spiro atoms. The first kappa shape index (κ1) is 10.3. The van der Waals surface area contributed by atoms with Gasteiger partial charge in [-0.1, -0.05) is 0 Å². The van der Waals surface area contributed by atoms with E-state index in [1.54, 1.807) is 24.5 Å². The van der Waals surface area contributed by atoms with Crippen LogP contribution < -0.4 is 10.2 Å². The smallest absolute Gasteiger partial charge is 0.250 e. The normalized spacial score (nSPS) is 24.7. The van der Waals surface area contributed by atoms with Crippen LogP contribution in [0.5, 0.6) is 0 Å². The molecule has 2 fully saturated rings. The van der Waals surface area contributed by atoms with E-state index in [0.717, 1.165) is 12.8 Å². The van der Waals surface area contributed by atoms with Gasteiger partial charge in [0.25, 0.3) is 0 Å². The first-order chi connectivity index (χ1) is 8.25. The highest BCUT2D eigenvalue weighted by molar-refractivity contribution is 6.06. The molecular formula is C12H13N3O2.